The van der Waals surface area contributed by atoms with E-state index in [4.69, 9.17) is 4.74 Å². The summed E-state index contributed by atoms with van der Waals surface area (Å²) in [6.07, 6.45) is 8.30. The van der Waals surface area contributed by atoms with Crippen LogP contribution in [0.2, 0.25) is 0 Å². The summed E-state index contributed by atoms with van der Waals surface area (Å²) in [5, 5.41) is 0. The summed E-state index contributed by atoms with van der Waals surface area (Å²) in [5.74, 6) is 0.348. The Kier molecular flexibility index (Phi) is 4.12. The summed E-state index contributed by atoms with van der Waals surface area (Å²) in [6.45, 7) is 2.08. The molecule has 1 saturated carbocycles. The van der Waals surface area contributed by atoms with Gasteiger partial charge in [-0.2, -0.15) is 0 Å². The molecule has 4 heteroatoms. The Labute approximate surface area is 146 Å². The Bertz CT molecular complexity index is 831. The minimum atomic E-state index is -0.584. The zero-order valence-electron chi connectivity index (χ0n) is 14.1. The average Bonchev–Trinajstić information content (AvgIpc) is 3.24. The number of hydrogen-bond donors (Lipinski definition) is 0. The van der Waals surface area contributed by atoms with Gasteiger partial charge in [0.1, 0.15) is 5.82 Å². The third-order valence-electron chi connectivity index (χ3n) is 5.34. The highest BCUT2D eigenvalue weighted by atomic mass is 19.1. The predicted molar refractivity (Wildman–Crippen MR) is 93.5 cm³/mol. The number of carbonyl (C=O) groups is 1. The number of esters is 1. The van der Waals surface area contributed by atoms with Gasteiger partial charge in [0.05, 0.1) is 17.9 Å². The Morgan fingerprint density at radius 2 is 2.12 bits per heavy atom. The van der Waals surface area contributed by atoms with Crippen molar-refractivity contribution < 1.29 is 13.9 Å². The van der Waals surface area contributed by atoms with Gasteiger partial charge in [0, 0.05) is 11.8 Å². The van der Waals surface area contributed by atoms with Crippen molar-refractivity contribution >= 4 is 5.97 Å². The number of allylic oxidation sites excluding steroid dienone is 2. The van der Waals surface area contributed by atoms with Gasteiger partial charge in [-0.1, -0.05) is 24.3 Å². The van der Waals surface area contributed by atoms with Crippen molar-refractivity contribution in [2.75, 3.05) is 6.61 Å². The van der Waals surface area contributed by atoms with E-state index >= 15 is 0 Å². The fourth-order valence-corrected chi connectivity index (χ4v) is 3.98. The molecule has 2 aliphatic carbocycles. The van der Waals surface area contributed by atoms with Crippen LogP contribution < -0.4 is 0 Å². The number of aromatic nitrogens is 1. The van der Waals surface area contributed by atoms with E-state index in [2.05, 4.69) is 17.1 Å². The highest BCUT2D eigenvalue weighted by molar-refractivity contribution is 5.93. The zero-order chi connectivity index (χ0) is 17.4. The summed E-state index contributed by atoms with van der Waals surface area (Å²) < 4.78 is 20.5. The van der Waals surface area contributed by atoms with E-state index in [0.29, 0.717) is 41.2 Å². The number of benzene rings is 1. The molecule has 0 saturated heterocycles. The molecule has 3 nitrogen and oxygen atoms in total. The van der Waals surface area contributed by atoms with Crippen LogP contribution in [0.3, 0.4) is 0 Å². The van der Waals surface area contributed by atoms with Crippen LogP contribution in [-0.2, 0) is 4.74 Å². The van der Waals surface area contributed by atoms with E-state index in [1.54, 1.807) is 43.5 Å². The summed E-state index contributed by atoms with van der Waals surface area (Å²) in [5.41, 5.74) is 1.42. The molecule has 2 aliphatic rings. The van der Waals surface area contributed by atoms with Crippen molar-refractivity contribution in [3.63, 3.8) is 0 Å². The third kappa shape index (κ3) is 2.97. The molecule has 2 bridgehead atoms. The normalized spacial score (nSPS) is 23.8. The molecule has 2 aromatic rings. The smallest absolute Gasteiger partial charge is 0.341 e. The van der Waals surface area contributed by atoms with Crippen LogP contribution >= 0.6 is 0 Å². The Morgan fingerprint density at radius 3 is 2.80 bits per heavy atom. The van der Waals surface area contributed by atoms with Crippen LogP contribution in [-0.4, -0.2) is 17.6 Å². The van der Waals surface area contributed by atoms with E-state index in [9.17, 15) is 9.18 Å². The van der Waals surface area contributed by atoms with Crippen molar-refractivity contribution in [1.29, 1.82) is 0 Å². The van der Waals surface area contributed by atoms with Gasteiger partial charge in [0.25, 0.3) is 0 Å². The first kappa shape index (κ1) is 16.0. The largest absolute Gasteiger partial charge is 0.462 e. The molecule has 0 amide bonds. The molecule has 1 heterocycles. The molecule has 25 heavy (non-hydrogen) atoms. The van der Waals surface area contributed by atoms with Crippen LogP contribution in [0.4, 0.5) is 4.39 Å². The zero-order valence-corrected chi connectivity index (χ0v) is 14.1. The van der Waals surface area contributed by atoms with Crippen molar-refractivity contribution in [2.45, 2.75) is 19.8 Å². The number of pyridine rings is 1. The molecular formula is C21H20FNO2. The number of ether oxygens (including phenoxy) is 1. The van der Waals surface area contributed by atoms with E-state index in [0.717, 1.165) is 12.8 Å². The number of halogens is 1. The first-order valence-corrected chi connectivity index (χ1v) is 8.69. The molecule has 0 radical (unpaired) electrons. The Morgan fingerprint density at radius 1 is 1.24 bits per heavy atom. The molecular weight excluding hydrogens is 317 g/mol. The molecule has 1 aromatic carbocycles. The number of nitrogens with zero attached hydrogens (tertiary/aromatic N) is 1. The van der Waals surface area contributed by atoms with Crippen molar-refractivity contribution in [3.8, 4) is 11.3 Å². The molecule has 128 valence electrons. The van der Waals surface area contributed by atoms with Crippen LogP contribution in [0.1, 0.15) is 28.8 Å². The second-order valence-electron chi connectivity index (χ2n) is 6.97. The van der Waals surface area contributed by atoms with Crippen LogP contribution in [0.15, 0.2) is 48.7 Å². The maximum atomic E-state index is 15.0. The molecule has 1 aromatic heterocycles. The first-order chi connectivity index (χ1) is 12.1. The number of carbonyl (C=O) groups excluding carboxylic acids is 1. The fraction of sp³-hybridized carbons (Fsp3) is 0.333. The van der Waals surface area contributed by atoms with Gasteiger partial charge in [0.2, 0.25) is 0 Å². The van der Waals surface area contributed by atoms with Crippen LogP contribution in [0.5, 0.6) is 0 Å². The summed E-state index contributed by atoms with van der Waals surface area (Å²) >= 11 is 0. The summed E-state index contributed by atoms with van der Waals surface area (Å²) in [6, 6.07) is 8.69. The second-order valence-corrected chi connectivity index (χ2v) is 6.97. The lowest BCUT2D eigenvalue weighted by Crippen LogP contribution is -2.19. The highest BCUT2D eigenvalue weighted by Gasteiger charge is 2.36. The van der Waals surface area contributed by atoms with Gasteiger partial charge in [-0.25, -0.2) is 9.18 Å². The van der Waals surface area contributed by atoms with Crippen LogP contribution in [0.25, 0.3) is 11.3 Å². The number of hydrogen-bond acceptors (Lipinski definition) is 3. The highest BCUT2D eigenvalue weighted by Crippen LogP contribution is 2.43. The SMILES string of the molecule is Cc1ccc(-c2ccccn2)c(F)c1C(=O)OCC1CC2C=CC1C2. The fourth-order valence-electron chi connectivity index (χ4n) is 3.98. The minimum Gasteiger partial charge on any atom is -0.462 e. The second kappa shape index (κ2) is 6.43. The van der Waals surface area contributed by atoms with Crippen molar-refractivity contribution in [1.82, 2.24) is 4.98 Å². The minimum absolute atomic E-state index is 0.0156. The van der Waals surface area contributed by atoms with E-state index in [-0.39, 0.29) is 5.56 Å². The predicted octanol–water partition coefficient (Wildman–Crippen LogP) is 4.57. The van der Waals surface area contributed by atoms with Gasteiger partial charge in [-0.3, -0.25) is 4.98 Å². The quantitative estimate of drug-likeness (QED) is 0.606. The van der Waals surface area contributed by atoms with Crippen LogP contribution in [0, 0.1) is 30.5 Å². The lowest BCUT2D eigenvalue weighted by molar-refractivity contribution is 0.0414. The van der Waals surface area contributed by atoms with E-state index < -0.39 is 11.8 Å². The average molecular weight is 337 g/mol. The van der Waals surface area contributed by atoms with Crippen molar-refractivity contribution in [2.24, 2.45) is 17.8 Å². The summed E-state index contributed by atoms with van der Waals surface area (Å²) in [7, 11) is 0. The maximum absolute atomic E-state index is 15.0. The lowest BCUT2D eigenvalue weighted by atomic mass is 9.94. The molecule has 4 rings (SSSR count). The molecule has 3 unspecified atom stereocenters. The van der Waals surface area contributed by atoms with Gasteiger partial charge in [-0.15, -0.1) is 0 Å². The molecule has 0 aliphatic heterocycles. The van der Waals surface area contributed by atoms with Gasteiger partial charge >= 0.3 is 5.97 Å². The van der Waals surface area contributed by atoms with E-state index in [1.807, 2.05) is 0 Å². The van der Waals surface area contributed by atoms with E-state index in [1.165, 1.54) is 0 Å². The molecule has 0 N–H and O–H groups in total. The van der Waals surface area contributed by atoms with Gasteiger partial charge < -0.3 is 4.74 Å². The van der Waals surface area contributed by atoms with Gasteiger partial charge in [0.15, 0.2) is 0 Å². The van der Waals surface area contributed by atoms with Crippen molar-refractivity contribution in [3.05, 3.63) is 65.6 Å². The van der Waals surface area contributed by atoms with Gasteiger partial charge in [-0.05, 0) is 61.3 Å². The number of aryl methyl sites for hydroxylation is 1. The monoisotopic (exact) mass is 337 g/mol. The molecule has 0 spiro atoms. The summed E-state index contributed by atoms with van der Waals surface area (Å²) in [4.78, 5) is 16.7. The lowest BCUT2D eigenvalue weighted by Gasteiger charge is -2.18. The maximum Gasteiger partial charge on any atom is 0.341 e. The number of rotatable bonds is 4. The molecule has 1 fully saturated rings. The molecule has 3 atom stereocenters. The number of fused-ring (bicyclic) bond motifs is 2. The standard InChI is InChI=1S/C21H20FNO2/c1-13-5-8-17(18-4-2-3-9-23-18)20(22)19(13)21(24)25-12-16-11-14-6-7-15(16)10-14/h2-9,14-16H,10-12H2,1H3. The third-order valence-corrected chi connectivity index (χ3v) is 5.34. The Hall–Kier alpha value is -2.49. The topological polar surface area (TPSA) is 39.2 Å². The first-order valence-electron chi connectivity index (χ1n) is 8.69. The Balaban J connectivity index is 1.55.